The highest BCUT2D eigenvalue weighted by atomic mass is 16.2. The Kier molecular flexibility index (Phi) is 5.40. The fraction of sp³-hybridized carbons (Fsp3) is 0.611. The van der Waals surface area contributed by atoms with Crippen LogP contribution in [-0.4, -0.2) is 29.9 Å². The molecule has 2 rings (SSSR count). The lowest BCUT2D eigenvalue weighted by atomic mass is 9.88. The van der Waals surface area contributed by atoms with Crippen molar-refractivity contribution in [3.05, 3.63) is 34.9 Å². The fourth-order valence-corrected chi connectivity index (χ4v) is 3.25. The Bertz CT molecular complexity index is 498. The van der Waals surface area contributed by atoms with Gasteiger partial charge in [0.2, 0.25) is 5.91 Å². The molecule has 0 bridgehead atoms. The molecule has 0 saturated carbocycles. The topological polar surface area (TPSA) is 46.3 Å². The lowest BCUT2D eigenvalue weighted by Gasteiger charge is -2.39. The monoisotopic (exact) mass is 288 g/mol. The van der Waals surface area contributed by atoms with Gasteiger partial charge in [0.1, 0.15) is 0 Å². The maximum Gasteiger partial charge on any atom is 0.227 e. The lowest BCUT2D eigenvalue weighted by Crippen LogP contribution is -2.50. The first-order valence-corrected chi connectivity index (χ1v) is 8.10. The second-order valence-corrected chi connectivity index (χ2v) is 6.37. The summed E-state index contributed by atoms with van der Waals surface area (Å²) in [6.07, 6.45) is 3.86. The van der Waals surface area contributed by atoms with Gasteiger partial charge in [0, 0.05) is 19.1 Å². The van der Waals surface area contributed by atoms with Gasteiger partial charge in [-0.05, 0) is 49.3 Å². The largest absolute Gasteiger partial charge is 0.338 e. The third-order valence-corrected chi connectivity index (χ3v) is 4.92. The van der Waals surface area contributed by atoms with Crippen LogP contribution < -0.4 is 5.73 Å². The van der Waals surface area contributed by atoms with Crippen molar-refractivity contribution >= 4 is 5.91 Å². The predicted octanol–water partition coefficient (Wildman–Crippen LogP) is 2.82. The van der Waals surface area contributed by atoms with Gasteiger partial charge in [-0.15, -0.1) is 0 Å². The maximum absolute atomic E-state index is 12.6. The molecule has 1 aromatic carbocycles. The minimum Gasteiger partial charge on any atom is -0.338 e. The minimum absolute atomic E-state index is 0.225. The van der Waals surface area contributed by atoms with E-state index >= 15 is 0 Å². The minimum atomic E-state index is 0.225. The number of hydrogen-bond acceptors (Lipinski definition) is 2. The maximum atomic E-state index is 12.6. The van der Waals surface area contributed by atoms with Crippen LogP contribution >= 0.6 is 0 Å². The van der Waals surface area contributed by atoms with Crippen LogP contribution in [0.5, 0.6) is 0 Å². The number of aryl methyl sites for hydroxylation is 2. The third-order valence-electron chi connectivity index (χ3n) is 4.92. The number of benzene rings is 1. The van der Waals surface area contributed by atoms with Crippen LogP contribution in [-0.2, 0) is 11.2 Å². The molecular formula is C18H28N2O. The van der Waals surface area contributed by atoms with Crippen LogP contribution in [0.1, 0.15) is 42.9 Å². The van der Waals surface area contributed by atoms with E-state index < -0.39 is 0 Å². The Hall–Kier alpha value is -1.35. The summed E-state index contributed by atoms with van der Waals surface area (Å²) in [4.78, 5) is 14.6. The van der Waals surface area contributed by atoms with E-state index in [1.54, 1.807) is 0 Å². The van der Waals surface area contributed by atoms with E-state index in [9.17, 15) is 4.79 Å². The van der Waals surface area contributed by atoms with Crippen LogP contribution in [0.15, 0.2) is 18.2 Å². The van der Waals surface area contributed by atoms with Crippen molar-refractivity contribution in [2.24, 2.45) is 11.7 Å². The molecule has 1 aliphatic heterocycles. The summed E-state index contributed by atoms with van der Waals surface area (Å²) in [6, 6.07) is 6.52. The van der Waals surface area contributed by atoms with Crippen LogP contribution in [0.4, 0.5) is 0 Å². The van der Waals surface area contributed by atoms with E-state index in [0.29, 0.717) is 13.0 Å². The van der Waals surface area contributed by atoms with Crippen molar-refractivity contribution in [1.29, 1.82) is 0 Å². The molecule has 0 spiro atoms. The Morgan fingerprint density at radius 3 is 2.71 bits per heavy atom. The van der Waals surface area contributed by atoms with Gasteiger partial charge in [-0.3, -0.25) is 4.79 Å². The van der Waals surface area contributed by atoms with E-state index in [1.165, 1.54) is 17.5 Å². The molecule has 2 unspecified atom stereocenters. The molecule has 1 aliphatic rings. The standard InChI is InChI=1S/C18H28N2O/c1-4-15-7-8-20(17(10-15)12-19)18(21)11-16-6-5-13(2)14(3)9-16/h5-6,9,15,17H,4,7-8,10-12,19H2,1-3H3. The number of likely N-dealkylation sites (tertiary alicyclic amines) is 1. The molecule has 21 heavy (non-hydrogen) atoms. The number of nitrogens with zero attached hydrogens (tertiary/aromatic N) is 1. The van der Waals surface area contributed by atoms with E-state index in [1.807, 2.05) is 4.90 Å². The SMILES string of the molecule is CCC1CCN(C(=O)Cc2ccc(C)c(C)c2)C(CN)C1. The number of carbonyl (C=O) groups is 1. The second-order valence-electron chi connectivity index (χ2n) is 6.37. The van der Waals surface area contributed by atoms with Gasteiger partial charge in [0.15, 0.2) is 0 Å². The van der Waals surface area contributed by atoms with Crippen molar-refractivity contribution < 1.29 is 4.79 Å². The first-order chi connectivity index (χ1) is 10.0. The number of piperidine rings is 1. The molecule has 3 heteroatoms. The van der Waals surface area contributed by atoms with E-state index in [2.05, 4.69) is 39.0 Å². The normalized spacial score (nSPS) is 22.4. The quantitative estimate of drug-likeness (QED) is 0.926. The van der Waals surface area contributed by atoms with Crippen LogP contribution in [0.25, 0.3) is 0 Å². The van der Waals surface area contributed by atoms with E-state index in [4.69, 9.17) is 5.73 Å². The predicted molar refractivity (Wildman–Crippen MR) is 87.2 cm³/mol. The zero-order valence-electron chi connectivity index (χ0n) is 13.6. The summed E-state index contributed by atoms with van der Waals surface area (Å²) in [7, 11) is 0. The number of hydrogen-bond donors (Lipinski definition) is 1. The zero-order chi connectivity index (χ0) is 15.4. The first kappa shape index (κ1) is 16.0. The van der Waals surface area contributed by atoms with Crippen LogP contribution in [0.2, 0.25) is 0 Å². The molecule has 0 radical (unpaired) electrons. The molecule has 1 amide bonds. The van der Waals surface area contributed by atoms with Crippen molar-refractivity contribution in [2.45, 2.75) is 52.5 Å². The second kappa shape index (κ2) is 7.08. The van der Waals surface area contributed by atoms with Gasteiger partial charge in [0.05, 0.1) is 6.42 Å². The lowest BCUT2D eigenvalue weighted by molar-refractivity contribution is -0.134. The highest BCUT2D eigenvalue weighted by molar-refractivity contribution is 5.79. The van der Waals surface area contributed by atoms with Gasteiger partial charge in [-0.2, -0.15) is 0 Å². The zero-order valence-corrected chi connectivity index (χ0v) is 13.6. The summed E-state index contributed by atoms with van der Waals surface area (Å²) < 4.78 is 0. The molecule has 3 nitrogen and oxygen atoms in total. The highest BCUT2D eigenvalue weighted by Crippen LogP contribution is 2.25. The molecule has 116 valence electrons. The van der Waals surface area contributed by atoms with Gasteiger partial charge in [0.25, 0.3) is 0 Å². The first-order valence-electron chi connectivity index (χ1n) is 8.10. The average molecular weight is 288 g/mol. The van der Waals surface area contributed by atoms with Crippen molar-refractivity contribution in [3.63, 3.8) is 0 Å². The molecule has 1 aromatic rings. The number of amides is 1. The molecule has 1 heterocycles. The highest BCUT2D eigenvalue weighted by Gasteiger charge is 2.29. The molecule has 2 atom stereocenters. The third kappa shape index (κ3) is 3.85. The molecule has 0 aromatic heterocycles. The molecule has 1 fully saturated rings. The van der Waals surface area contributed by atoms with Gasteiger partial charge >= 0.3 is 0 Å². The molecular weight excluding hydrogens is 260 g/mol. The summed E-state index contributed by atoms with van der Waals surface area (Å²) in [6.45, 7) is 7.86. The number of carbonyl (C=O) groups excluding carboxylic acids is 1. The number of rotatable bonds is 4. The van der Waals surface area contributed by atoms with E-state index in [-0.39, 0.29) is 11.9 Å². The Morgan fingerprint density at radius 1 is 1.33 bits per heavy atom. The van der Waals surface area contributed by atoms with Gasteiger partial charge in [-0.1, -0.05) is 31.5 Å². The Balaban J connectivity index is 2.03. The smallest absolute Gasteiger partial charge is 0.227 e. The molecule has 0 aliphatic carbocycles. The van der Waals surface area contributed by atoms with Crippen LogP contribution in [0.3, 0.4) is 0 Å². The van der Waals surface area contributed by atoms with Crippen molar-refractivity contribution in [2.75, 3.05) is 13.1 Å². The van der Waals surface area contributed by atoms with Crippen molar-refractivity contribution in [1.82, 2.24) is 4.90 Å². The Morgan fingerprint density at radius 2 is 2.10 bits per heavy atom. The summed E-state index contributed by atoms with van der Waals surface area (Å²) in [5.74, 6) is 0.951. The fourth-order valence-electron chi connectivity index (χ4n) is 3.25. The molecule has 2 N–H and O–H groups in total. The van der Waals surface area contributed by atoms with Gasteiger partial charge < -0.3 is 10.6 Å². The summed E-state index contributed by atoms with van der Waals surface area (Å²) in [5, 5.41) is 0. The average Bonchev–Trinajstić information content (AvgIpc) is 2.50. The summed E-state index contributed by atoms with van der Waals surface area (Å²) in [5.41, 5.74) is 9.52. The van der Waals surface area contributed by atoms with Crippen molar-refractivity contribution in [3.8, 4) is 0 Å². The number of nitrogens with two attached hydrogens (primary N) is 1. The molecule has 1 saturated heterocycles. The van der Waals surface area contributed by atoms with Gasteiger partial charge in [-0.25, -0.2) is 0 Å². The van der Waals surface area contributed by atoms with E-state index in [0.717, 1.165) is 30.9 Å². The Labute approximate surface area is 128 Å². The summed E-state index contributed by atoms with van der Waals surface area (Å²) >= 11 is 0. The van der Waals surface area contributed by atoms with Crippen LogP contribution in [0, 0.1) is 19.8 Å².